The third-order valence-corrected chi connectivity index (χ3v) is 5.57. The van der Waals surface area contributed by atoms with Crippen LogP contribution in [0.5, 0.6) is 5.75 Å². The van der Waals surface area contributed by atoms with Gasteiger partial charge in [0.25, 0.3) is 11.8 Å². The maximum absolute atomic E-state index is 12.9. The quantitative estimate of drug-likeness (QED) is 0.619. The highest BCUT2D eigenvalue weighted by Gasteiger charge is 2.26. The van der Waals surface area contributed by atoms with E-state index in [1.165, 1.54) is 0 Å². The molecule has 0 radical (unpaired) electrons. The fraction of sp³-hybridized carbons (Fsp3) is 0.320. The number of carbonyl (C=O) groups is 2. The van der Waals surface area contributed by atoms with Crippen LogP contribution >= 0.6 is 0 Å². The summed E-state index contributed by atoms with van der Waals surface area (Å²) in [5.41, 5.74) is 3.13. The molecule has 1 aliphatic rings. The van der Waals surface area contributed by atoms with Crippen LogP contribution in [0.25, 0.3) is 0 Å². The Kier molecular flexibility index (Phi) is 6.84. The number of carbonyl (C=O) groups excluding carboxylic acids is 2. The Labute approximate surface area is 188 Å². The highest BCUT2D eigenvalue weighted by atomic mass is 16.5. The van der Waals surface area contributed by atoms with Crippen molar-refractivity contribution in [3.05, 3.63) is 83.2 Å². The summed E-state index contributed by atoms with van der Waals surface area (Å²) in [5.74, 6) is 0.606. The summed E-state index contributed by atoms with van der Waals surface area (Å²) in [5, 5.41) is 7.07. The van der Waals surface area contributed by atoms with E-state index in [1.807, 2.05) is 48.5 Å². The molecule has 3 aromatic rings. The summed E-state index contributed by atoms with van der Waals surface area (Å²) < 4.78 is 5.79. The standard InChI is InChI=1S/C25H28N4O3/c1-2-6-21-17-23(27-26-21)25(31)29-15-13-28(14-16-29)24(30)20-9-11-22(12-10-20)32-18-19-7-4-3-5-8-19/h3-5,7-12,17H,2,6,13-16,18H2,1H3,(H,26,27). The predicted octanol–water partition coefficient (Wildman–Crippen LogP) is 3.54. The van der Waals surface area contributed by atoms with E-state index in [0.29, 0.717) is 44.0 Å². The lowest BCUT2D eigenvalue weighted by atomic mass is 10.1. The molecule has 1 fully saturated rings. The highest BCUT2D eigenvalue weighted by Crippen LogP contribution is 2.17. The van der Waals surface area contributed by atoms with Crippen molar-refractivity contribution in [2.45, 2.75) is 26.4 Å². The average Bonchev–Trinajstić information content (AvgIpc) is 3.32. The largest absolute Gasteiger partial charge is 0.489 e. The molecule has 1 aliphatic heterocycles. The van der Waals surface area contributed by atoms with Crippen LogP contribution in [0.3, 0.4) is 0 Å². The van der Waals surface area contributed by atoms with E-state index in [4.69, 9.17) is 4.74 Å². The number of aromatic nitrogens is 2. The summed E-state index contributed by atoms with van der Waals surface area (Å²) in [7, 11) is 0. The number of rotatable bonds is 7. The van der Waals surface area contributed by atoms with Crippen molar-refractivity contribution in [3.63, 3.8) is 0 Å². The molecule has 0 unspecified atom stereocenters. The van der Waals surface area contributed by atoms with Crippen molar-refractivity contribution >= 4 is 11.8 Å². The number of ether oxygens (including phenoxy) is 1. The van der Waals surface area contributed by atoms with Gasteiger partial charge < -0.3 is 14.5 Å². The molecular formula is C25H28N4O3. The highest BCUT2D eigenvalue weighted by molar-refractivity contribution is 5.95. The molecule has 0 atom stereocenters. The van der Waals surface area contributed by atoms with Gasteiger partial charge in [-0.1, -0.05) is 43.7 Å². The third-order valence-electron chi connectivity index (χ3n) is 5.57. The second-order valence-corrected chi connectivity index (χ2v) is 7.91. The normalized spacial score (nSPS) is 13.8. The van der Waals surface area contributed by atoms with Crippen LogP contribution in [0.4, 0.5) is 0 Å². The van der Waals surface area contributed by atoms with Gasteiger partial charge in [0.1, 0.15) is 18.1 Å². The second-order valence-electron chi connectivity index (χ2n) is 7.91. The molecule has 1 saturated heterocycles. The van der Waals surface area contributed by atoms with Gasteiger partial charge in [-0.05, 0) is 42.3 Å². The minimum Gasteiger partial charge on any atom is -0.489 e. The average molecular weight is 433 g/mol. The van der Waals surface area contributed by atoms with E-state index in [9.17, 15) is 9.59 Å². The zero-order valence-corrected chi connectivity index (χ0v) is 18.3. The zero-order chi connectivity index (χ0) is 22.3. The molecule has 0 aliphatic carbocycles. The smallest absolute Gasteiger partial charge is 0.274 e. The topological polar surface area (TPSA) is 78.5 Å². The molecule has 7 heteroatoms. The van der Waals surface area contributed by atoms with Gasteiger partial charge in [-0.25, -0.2) is 0 Å². The summed E-state index contributed by atoms with van der Waals surface area (Å²) in [6.07, 6.45) is 1.87. The lowest BCUT2D eigenvalue weighted by molar-refractivity contribution is 0.0532. The van der Waals surface area contributed by atoms with Crippen LogP contribution in [0.15, 0.2) is 60.7 Å². The van der Waals surface area contributed by atoms with E-state index in [1.54, 1.807) is 21.9 Å². The minimum atomic E-state index is -0.0874. The molecule has 0 saturated carbocycles. The molecule has 2 aromatic carbocycles. The fourth-order valence-corrected chi connectivity index (χ4v) is 3.76. The van der Waals surface area contributed by atoms with E-state index in [-0.39, 0.29) is 11.8 Å². The molecule has 7 nitrogen and oxygen atoms in total. The Hall–Kier alpha value is -3.61. The Balaban J connectivity index is 1.28. The molecule has 4 rings (SSSR count). The molecule has 2 amide bonds. The molecule has 2 heterocycles. The van der Waals surface area contributed by atoms with E-state index < -0.39 is 0 Å². The number of hydrogen-bond donors (Lipinski definition) is 1. The van der Waals surface area contributed by atoms with Gasteiger partial charge in [0.15, 0.2) is 0 Å². The van der Waals surface area contributed by atoms with Crippen LogP contribution in [0.1, 0.15) is 45.4 Å². The number of amides is 2. The monoisotopic (exact) mass is 432 g/mol. The SMILES string of the molecule is CCCc1cc(C(=O)N2CCN(C(=O)c3ccc(OCc4ccccc4)cc3)CC2)n[nH]1. The van der Waals surface area contributed by atoms with Crippen molar-refractivity contribution < 1.29 is 14.3 Å². The first-order chi connectivity index (χ1) is 15.6. The lowest BCUT2D eigenvalue weighted by Gasteiger charge is -2.34. The molecular weight excluding hydrogens is 404 g/mol. The maximum Gasteiger partial charge on any atom is 0.274 e. The van der Waals surface area contributed by atoms with Crippen LogP contribution in [0.2, 0.25) is 0 Å². The number of benzene rings is 2. The molecule has 166 valence electrons. The van der Waals surface area contributed by atoms with Crippen molar-refractivity contribution in [1.29, 1.82) is 0 Å². The first-order valence-corrected chi connectivity index (χ1v) is 11.0. The first-order valence-electron chi connectivity index (χ1n) is 11.0. The van der Waals surface area contributed by atoms with Crippen LogP contribution < -0.4 is 4.74 Å². The van der Waals surface area contributed by atoms with Crippen molar-refractivity contribution in [2.75, 3.05) is 26.2 Å². The first kappa shape index (κ1) is 21.6. The molecule has 1 N–H and O–H groups in total. The summed E-state index contributed by atoms with van der Waals surface area (Å²) >= 11 is 0. The van der Waals surface area contributed by atoms with Crippen molar-refractivity contribution in [2.24, 2.45) is 0 Å². The van der Waals surface area contributed by atoms with Gasteiger partial charge >= 0.3 is 0 Å². The van der Waals surface area contributed by atoms with E-state index in [2.05, 4.69) is 17.1 Å². The Morgan fingerprint density at radius 3 is 2.25 bits per heavy atom. The predicted molar refractivity (Wildman–Crippen MR) is 122 cm³/mol. The van der Waals surface area contributed by atoms with Crippen molar-refractivity contribution in [3.8, 4) is 5.75 Å². The van der Waals surface area contributed by atoms with Crippen LogP contribution in [-0.2, 0) is 13.0 Å². The molecule has 0 bridgehead atoms. The summed E-state index contributed by atoms with van der Waals surface area (Å²) in [4.78, 5) is 29.1. The van der Waals surface area contributed by atoms with Gasteiger partial charge in [-0.15, -0.1) is 0 Å². The number of aryl methyl sites for hydroxylation is 1. The third kappa shape index (κ3) is 5.17. The number of piperazine rings is 1. The Bertz CT molecular complexity index is 1040. The molecule has 32 heavy (non-hydrogen) atoms. The van der Waals surface area contributed by atoms with E-state index in [0.717, 1.165) is 29.8 Å². The summed E-state index contributed by atoms with van der Waals surface area (Å²) in [6, 6.07) is 19.0. The Morgan fingerprint density at radius 2 is 1.59 bits per heavy atom. The number of H-pyrrole nitrogens is 1. The maximum atomic E-state index is 12.9. The van der Waals surface area contributed by atoms with Gasteiger partial charge in [0.2, 0.25) is 0 Å². The van der Waals surface area contributed by atoms with Gasteiger partial charge in [0, 0.05) is 37.4 Å². The van der Waals surface area contributed by atoms with Gasteiger partial charge in [-0.2, -0.15) is 5.10 Å². The van der Waals surface area contributed by atoms with E-state index >= 15 is 0 Å². The van der Waals surface area contributed by atoms with Crippen LogP contribution in [-0.4, -0.2) is 58.0 Å². The summed E-state index contributed by atoms with van der Waals surface area (Å²) in [6.45, 7) is 4.58. The Morgan fingerprint density at radius 1 is 0.938 bits per heavy atom. The minimum absolute atomic E-state index is 0.0308. The van der Waals surface area contributed by atoms with Crippen molar-refractivity contribution in [1.82, 2.24) is 20.0 Å². The van der Waals surface area contributed by atoms with Gasteiger partial charge in [-0.3, -0.25) is 14.7 Å². The number of hydrogen-bond acceptors (Lipinski definition) is 4. The van der Waals surface area contributed by atoms with Crippen LogP contribution in [0, 0.1) is 0 Å². The number of nitrogens with one attached hydrogen (secondary N) is 1. The molecule has 1 aromatic heterocycles. The van der Waals surface area contributed by atoms with Gasteiger partial charge in [0.05, 0.1) is 0 Å². The fourth-order valence-electron chi connectivity index (χ4n) is 3.76. The number of aromatic amines is 1. The number of nitrogens with zero attached hydrogens (tertiary/aromatic N) is 3. The second kappa shape index (κ2) is 10.1. The zero-order valence-electron chi connectivity index (χ0n) is 18.3. The lowest BCUT2D eigenvalue weighted by Crippen LogP contribution is -2.50. The molecule has 0 spiro atoms.